The minimum atomic E-state index is 0.0668. The monoisotopic (exact) mass is 299 g/mol. The van der Waals surface area contributed by atoms with Crippen molar-refractivity contribution in [2.24, 2.45) is 5.92 Å². The molecule has 0 spiro atoms. The van der Waals surface area contributed by atoms with Crippen LogP contribution in [0, 0.1) is 5.92 Å². The molecule has 0 saturated heterocycles. The van der Waals surface area contributed by atoms with Gasteiger partial charge in [0.05, 0.1) is 16.5 Å². The van der Waals surface area contributed by atoms with Crippen molar-refractivity contribution in [1.82, 2.24) is 5.32 Å². The van der Waals surface area contributed by atoms with Crippen molar-refractivity contribution in [3.05, 3.63) is 33.8 Å². The Morgan fingerprint density at radius 3 is 2.68 bits per heavy atom. The largest absolute Gasteiger partial charge is 0.353 e. The van der Waals surface area contributed by atoms with E-state index in [0.29, 0.717) is 28.4 Å². The fraction of sp³-hybridized carbons (Fsp3) is 0.533. The van der Waals surface area contributed by atoms with E-state index in [1.165, 1.54) is 19.3 Å². The van der Waals surface area contributed by atoms with Gasteiger partial charge in [0, 0.05) is 6.04 Å². The molecular formula is C15H19Cl2NO. The number of amides is 1. The first kappa shape index (κ1) is 14.7. The summed E-state index contributed by atoms with van der Waals surface area (Å²) in [7, 11) is 0. The highest BCUT2D eigenvalue weighted by Gasteiger charge is 2.22. The number of hydrogen-bond acceptors (Lipinski definition) is 1. The fourth-order valence-corrected chi connectivity index (χ4v) is 2.94. The van der Waals surface area contributed by atoms with Gasteiger partial charge in [-0.1, -0.05) is 49.0 Å². The summed E-state index contributed by atoms with van der Waals surface area (Å²) in [6.45, 7) is 2.21. The molecule has 0 aliphatic heterocycles. The van der Waals surface area contributed by atoms with Crippen LogP contribution in [0.4, 0.5) is 0 Å². The van der Waals surface area contributed by atoms with E-state index in [4.69, 9.17) is 23.2 Å². The van der Waals surface area contributed by atoms with E-state index in [-0.39, 0.29) is 5.91 Å². The Labute approximate surface area is 124 Å². The number of carbonyl (C=O) groups excluding carboxylic acids is 1. The van der Waals surface area contributed by atoms with Crippen molar-refractivity contribution in [2.75, 3.05) is 0 Å². The lowest BCUT2D eigenvalue weighted by molar-refractivity contribution is -0.121. The highest BCUT2D eigenvalue weighted by atomic mass is 35.5. The third-order valence-corrected chi connectivity index (χ3v) is 4.55. The van der Waals surface area contributed by atoms with E-state index in [1.807, 2.05) is 6.07 Å². The van der Waals surface area contributed by atoms with Crippen molar-refractivity contribution in [3.8, 4) is 0 Å². The lowest BCUT2D eigenvalue weighted by Crippen LogP contribution is -2.41. The second-order valence-electron chi connectivity index (χ2n) is 5.36. The second kappa shape index (κ2) is 6.62. The molecule has 0 heterocycles. The SMILES string of the molecule is C[C@@H]1CCCC[C@H]1NC(=O)Cc1ccc(Cl)c(Cl)c1. The van der Waals surface area contributed by atoms with E-state index < -0.39 is 0 Å². The molecule has 0 radical (unpaired) electrons. The summed E-state index contributed by atoms with van der Waals surface area (Å²) < 4.78 is 0. The lowest BCUT2D eigenvalue weighted by Gasteiger charge is -2.29. The number of carbonyl (C=O) groups is 1. The molecule has 1 aliphatic rings. The lowest BCUT2D eigenvalue weighted by atomic mass is 9.86. The van der Waals surface area contributed by atoms with Crippen LogP contribution in [0.15, 0.2) is 18.2 Å². The summed E-state index contributed by atoms with van der Waals surface area (Å²) in [6, 6.07) is 5.66. The molecule has 1 aliphatic carbocycles. The Hall–Kier alpha value is -0.730. The minimum absolute atomic E-state index is 0.0668. The van der Waals surface area contributed by atoms with Gasteiger partial charge in [0.2, 0.25) is 5.91 Å². The van der Waals surface area contributed by atoms with Crippen LogP contribution >= 0.6 is 23.2 Å². The molecule has 2 atom stereocenters. The standard InChI is InChI=1S/C15H19Cl2NO/c1-10-4-2-3-5-14(10)18-15(19)9-11-6-7-12(16)13(17)8-11/h6-8,10,14H,2-5,9H2,1H3,(H,18,19)/t10-,14-/m1/s1. The number of nitrogens with one attached hydrogen (secondary N) is 1. The molecule has 0 bridgehead atoms. The van der Waals surface area contributed by atoms with Gasteiger partial charge in [-0.05, 0) is 36.5 Å². The summed E-state index contributed by atoms with van der Waals surface area (Å²) in [6.07, 6.45) is 5.15. The Bertz CT molecular complexity index is 461. The molecule has 2 nitrogen and oxygen atoms in total. The first-order valence-corrected chi connectivity index (χ1v) is 7.55. The highest BCUT2D eigenvalue weighted by molar-refractivity contribution is 6.42. The summed E-state index contributed by atoms with van der Waals surface area (Å²) in [5, 5.41) is 4.15. The second-order valence-corrected chi connectivity index (χ2v) is 6.18. The van der Waals surface area contributed by atoms with Gasteiger partial charge < -0.3 is 5.32 Å². The normalized spacial score (nSPS) is 23.1. The van der Waals surface area contributed by atoms with Crippen LogP contribution in [-0.2, 0) is 11.2 Å². The fourth-order valence-electron chi connectivity index (χ4n) is 2.62. The molecule has 19 heavy (non-hydrogen) atoms. The smallest absolute Gasteiger partial charge is 0.224 e. The molecule has 104 valence electrons. The zero-order valence-corrected chi connectivity index (χ0v) is 12.6. The van der Waals surface area contributed by atoms with Crippen LogP contribution in [0.5, 0.6) is 0 Å². The van der Waals surface area contributed by atoms with Gasteiger partial charge in [-0.25, -0.2) is 0 Å². The first-order valence-electron chi connectivity index (χ1n) is 6.79. The number of halogens is 2. The van der Waals surface area contributed by atoms with Crippen LogP contribution in [0.1, 0.15) is 38.2 Å². The van der Waals surface area contributed by atoms with E-state index in [2.05, 4.69) is 12.2 Å². The number of rotatable bonds is 3. The maximum Gasteiger partial charge on any atom is 0.224 e. The maximum absolute atomic E-state index is 12.0. The minimum Gasteiger partial charge on any atom is -0.353 e. The van der Waals surface area contributed by atoms with Crippen molar-refractivity contribution in [3.63, 3.8) is 0 Å². The van der Waals surface area contributed by atoms with Crippen molar-refractivity contribution < 1.29 is 4.79 Å². The third-order valence-electron chi connectivity index (χ3n) is 3.81. The Morgan fingerprint density at radius 2 is 2.00 bits per heavy atom. The van der Waals surface area contributed by atoms with E-state index in [9.17, 15) is 4.79 Å². The molecular weight excluding hydrogens is 281 g/mol. The van der Waals surface area contributed by atoms with Gasteiger partial charge in [-0.2, -0.15) is 0 Å². The number of hydrogen-bond donors (Lipinski definition) is 1. The average molecular weight is 300 g/mol. The predicted molar refractivity (Wildman–Crippen MR) is 79.7 cm³/mol. The maximum atomic E-state index is 12.0. The van der Waals surface area contributed by atoms with E-state index in [1.54, 1.807) is 12.1 Å². The van der Waals surface area contributed by atoms with Crippen molar-refractivity contribution in [1.29, 1.82) is 0 Å². The van der Waals surface area contributed by atoms with E-state index in [0.717, 1.165) is 12.0 Å². The van der Waals surface area contributed by atoms with Crippen LogP contribution in [-0.4, -0.2) is 11.9 Å². The molecule has 0 aromatic heterocycles. The van der Waals surface area contributed by atoms with Crippen LogP contribution in [0.3, 0.4) is 0 Å². The summed E-state index contributed by atoms with van der Waals surface area (Å²) in [4.78, 5) is 12.0. The third kappa shape index (κ3) is 4.12. The van der Waals surface area contributed by atoms with Gasteiger partial charge in [0.15, 0.2) is 0 Å². The molecule has 1 amide bonds. The Kier molecular flexibility index (Phi) is 5.12. The van der Waals surface area contributed by atoms with Crippen molar-refractivity contribution >= 4 is 29.1 Å². The van der Waals surface area contributed by atoms with E-state index >= 15 is 0 Å². The molecule has 0 unspecified atom stereocenters. The molecule has 1 aromatic carbocycles. The first-order chi connectivity index (χ1) is 9.06. The van der Waals surface area contributed by atoms with Crippen LogP contribution in [0.25, 0.3) is 0 Å². The predicted octanol–water partition coefficient (Wildman–Crippen LogP) is 4.23. The molecule has 4 heteroatoms. The van der Waals surface area contributed by atoms with Gasteiger partial charge in [0.25, 0.3) is 0 Å². The average Bonchev–Trinajstić information content (AvgIpc) is 2.37. The quantitative estimate of drug-likeness (QED) is 0.889. The van der Waals surface area contributed by atoms with Gasteiger partial charge in [0.1, 0.15) is 0 Å². The topological polar surface area (TPSA) is 29.1 Å². The highest BCUT2D eigenvalue weighted by Crippen LogP contribution is 2.25. The molecule has 2 rings (SSSR count). The van der Waals surface area contributed by atoms with Gasteiger partial charge in [-0.3, -0.25) is 4.79 Å². The van der Waals surface area contributed by atoms with Crippen molar-refractivity contribution in [2.45, 2.75) is 45.1 Å². The van der Waals surface area contributed by atoms with Gasteiger partial charge in [-0.15, -0.1) is 0 Å². The Morgan fingerprint density at radius 1 is 1.26 bits per heavy atom. The summed E-state index contributed by atoms with van der Waals surface area (Å²) >= 11 is 11.8. The summed E-state index contributed by atoms with van der Waals surface area (Å²) in [5.41, 5.74) is 0.898. The molecule has 1 aromatic rings. The van der Waals surface area contributed by atoms with Gasteiger partial charge >= 0.3 is 0 Å². The zero-order chi connectivity index (χ0) is 13.8. The molecule has 1 fully saturated rings. The summed E-state index contributed by atoms with van der Waals surface area (Å²) in [5.74, 6) is 0.642. The molecule has 1 saturated carbocycles. The molecule has 1 N–H and O–H groups in total. The Balaban J connectivity index is 1.91. The van der Waals surface area contributed by atoms with Crippen LogP contribution in [0.2, 0.25) is 10.0 Å². The zero-order valence-electron chi connectivity index (χ0n) is 11.1. The number of benzene rings is 1. The van der Waals surface area contributed by atoms with Crippen LogP contribution < -0.4 is 5.32 Å².